The van der Waals surface area contributed by atoms with Crippen LogP contribution in [0.15, 0.2) is 21.1 Å². The molecule has 0 aromatic heterocycles. The van der Waals surface area contributed by atoms with Crippen LogP contribution in [0.5, 0.6) is 0 Å². The van der Waals surface area contributed by atoms with Crippen molar-refractivity contribution in [3.63, 3.8) is 0 Å². The molecule has 0 fully saturated rings. The van der Waals surface area contributed by atoms with Crippen molar-refractivity contribution < 1.29 is 9.53 Å². The zero-order valence-corrected chi connectivity index (χ0v) is 13.0. The van der Waals surface area contributed by atoms with Gasteiger partial charge < -0.3 is 10.5 Å². The molecule has 0 saturated carbocycles. The normalized spacial score (nSPS) is 12.3. The number of esters is 1. The van der Waals surface area contributed by atoms with Crippen molar-refractivity contribution in [3.05, 3.63) is 32.2 Å². The average Bonchev–Trinajstić information content (AvgIpc) is 2.30. The van der Waals surface area contributed by atoms with Crippen LogP contribution < -0.4 is 5.73 Å². The van der Waals surface area contributed by atoms with Gasteiger partial charge in [-0.2, -0.15) is 0 Å². The Labute approximate surface area is 118 Å². The van der Waals surface area contributed by atoms with Crippen LogP contribution in [-0.2, 0) is 9.53 Å². The van der Waals surface area contributed by atoms with Gasteiger partial charge in [-0.1, -0.05) is 31.9 Å². The maximum atomic E-state index is 11.1. The smallest absolute Gasteiger partial charge is 0.305 e. The number of ether oxygens (including phenoxy) is 1. The van der Waals surface area contributed by atoms with Crippen LogP contribution in [-0.4, -0.2) is 13.1 Å². The molecule has 0 aliphatic rings. The predicted octanol–water partition coefficient (Wildman–Crippen LogP) is 3.47. The van der Waals surface area contributed by atoms with Crippen molar-refractivity contribution in [2.75, 3.05) is 7.11 Å². The molecular formula is C12H15Br2NO2. The fourth-order valence-electron chi connectivity index (χ4n) is 1.48. The fourth-order valence-corrected chi connectivity index (χ4v) is 2.59. The number of aryl methyl sites for hydroxylation is 1. The van der Waals surface area contributed by atoms with Crippen molar-refractivity contribution in [2.24, 2.45) is 5.73 Å². The van der Waals surface area contributed by atoms with E-state index >= 15 is 0 Å². The molecule has 0 bridgehead atoms. The molecule has 3 nitrogen and oxygen atoms in total. The third-order valence-electron chi connectivity index (χ3n) is 2.56. The maximum absolute atomic E-state index is 11.1. The summed E-state index contributed by atoms with van der Waals surface area (Å²) in [4.78, 5) is 11.1. The van der Waals surface area contributed by atoms with Gasteiger partial charge in [-0.25, -0.2) is 0 Å². The third-order valence-corrected chi connectivity index (χ3v) is 4.11. The van der Waals surface area contributed by atoms with Crippen molar-refractivity contribution >= 4 is 37.8 Å². The van der Waals surface area contributed by atoms with Gasteiger partial charge in [-0.3, -0.25) is 4.79 Å². The van der Waals surface area contributed by atoms with Gasteiger partial charge in [0.1, 0.15) is 0 Å². The number of nitrogens with two attached hydrogens (primary N) is 1. The minimum atomic E-state index is -0.234. The zero-order valence-electron chi connectivity index (χ0n) is 9.80. The Morgan fingerprint density at radius 1 is 1.41 bits per heavy atom. The lowest BCUT2D eigenvalue weighted by molar-refractivity contribution is -0.140. The molecular weight excluding hydrogens is 350 g/mol. The highest BCUT2D eigenvalue weighted by Crippen LogP contribution is 2.30. The molecule has 0 saturated heterocycles. The molecule has 2 N–H and O–H groups in total. The van der Waals surface area contributed by atoms with Gasteiger partial charge in [0.15, 0.2) is 0 Å². The molecule has 1 rings (SSSR count). The zero-order chi connectivity index (χ0) is 13.0. The number of benzene rings is 1. The van der Waals surface area contributed by atoms with E-state index in [-0.39, 0.29) is 12.0 Å². The van der Waals surface area contributed by atoms with Crippen molar-refractivity contribution in [1.82, 2.24) is 0 Å². The lowest BCUT2D eigenvalue weighted by Crippen LogP contribution is -2.13. The molecule has 0 amide bonds. The van der Waals surface area contributed by atoms with Gasteiger partial charge in [-0.05, 0) is 36.6 Å². The summed E-state index contributed by atoms with van der Waals surface area (Å²) < 4.78 is 6.58. The number of hydrogen-bond acceptors (Lipinski definition) is 3. The summed E-state index contributed by atoms with van der Waals surface area (Å²) in [5, 5.41) is 0. The summed E-state index contributed by atoms with van der Waals surface area (Å²) >= 11 is 6.96. The van der Waals surface area contributed by atoms with Gasteiger partial charge in [0.25, 0.3) is 0 Å². The highest BCUT2D eigenvalue weighted by atomic mass is 79.9. The fraction of sp³-hybridized carbons (Fsp3) is 0.417. The van der Waals surface area contributed by atoms with E-state index in [1.165, 1.54) is 7.11 Å². The molecule has 0 spiro atoms. The summed E-state index contributed by atoms with van der Waals surface area (Å²) in [6.45, 7) is 2.01. The van der Waals surface area contributed by atoms with Crippen LogP contribution in [0.4, 0.5) is 0 Å². The van der Waals surface area contributed by atoms with E-state index in [2.05, 4.69) is 36.6 Å². The largest absolute Gasteiger partial charge is 0.469 e. The number of rotatable bonds is 4. The molecule has 17 heavy (non-hydrogen) atoms. The van der Waals surface area contributed by atoms with Crippen molar-refractivity contribution in [1.29, 1.82) is 0 Å². The van der Waals surface area contributed by atoms with E-state index in [4.69, 9.17) is 5.73 Å². The molecule has 0 aliphatic carbocycles. The van der Waals surface area contributed by atoms with Gasteiger partial charge >= 0.3 is 5.97 Å². The van der Waals surface area contributed by atoms with Crippen molar-refractivity contribution in [3.8, 4) is 0 Å². The summed E-state index contributed by atoms with van der Waals surface area (Å²) in [6.07, 6.45) is 0.899. The molecule has 0 radical (unpaired) electrons. The summed E-state index contributed by atoms with van der Waals surface area (Å²) in [5.74, 6) is -0.234. The summed E-state index contributed by atoms with van der Waals surface area (Å²) in [7, 11) is 1.38. The van der Waals surface area contributed by atoms with Crippen LogP contribution in [0.2, 0.25) is 0 Å². The minimum Gasteiger partial charge on any atom is -0.469 e. The first-order chi connectivity index (χ1) is 7.95. The Bertz CT molecular complexity index is 421. The second-order valence-corrected chi connectivity index (χ2v) is 5.55. The van der Waals surface area contributed by atoms with Crippen LogP contribution in [0.3, 0.4) is 0 Å². The second kappa shape index (κ2) is 6.52. The Morgan fingerprint density at radius 2 is 2.06 bits per heavy atom. The van der Waals surface area contributed by atoms with E-state index in [9.17, 15) is 4.79 Å². The standard InChI is InChI=1S/C12H15Br2NO2/c1-7-5-10(14)8(6-9(7)13)11(15)3-4-12(16)17-2/h5-6,11H,3-4,15H2,1-2H3. The van der Waals surface area contributed by atoms with Crippen LogP contribution in [0.1, 0.15) is 30.0 Å². The minimum absolute atomic E-state index is 0.180. The number of carbonyl (C=O) groups is 1. The van der Waals surface area contributed by atoms with E-state index in [1.807, 2.05) is 19.1 Å². The molecule has 1 aromatic rings. The van der Waals surface area contributed by atoms with Crippen molar-refractivity contribution in [2.45, 2.75) is 25.8 Å². The van der Waals surface area contributed by atoms with Gasteiger partial charge in [0.2, 0.25) is 0 Å². The quantitative estimate of drug-likeness (QED) is 0.832. The van der Waals surface area contributed by atoms with Crippen LogP contribution in [0, 0.1) is 6.92 Å². The van der Waals surface area contributed by atoms with Gasteiger partial charge in [0, 0.05) is 21.4 Å². The molecule has 1 atom stereocenters. The highest BCUT2D eigenvalue weighted by Gasteiger charge is 2.13. The topological polar surface area (TPSA) is 52.3 Å². The van der Waals surface area contributed by atoms with Gasteiger partial charge in [-0.15, -0.1) is 0 Å². The lowest BCUT2D eigenvalue weighted by Gasteiger charge is -2.15. The Balaban J connectivity index is 2.78. The third kappa shape index (κ3) is 4.08. The highest BCUT2D eigenvalue weighted by molar-refractivity contribution is 9.11. The molecule has 1 unspecified atom stereocenters. The monoisotopic (exact) mass is 363 g/mol. The molecule has 94 valence electrons. The average molecular weight is 365 g/mol. The molecule has 1 aromatic carbocycles. The number of methoxy groups -OCH3 is 1. The van der Waals surface area contributed by atoms with Crippen LogP contribution in [0.25, 0.3) is 0 Å². The lowest BCUT2D eigenvalue weighted by atomic mass is 10.0. The maximum Gasteiger partial charge on any atom is 0.305 e. The molecule has 0 aliphatic heterocycles. The molecule has 5 heteroatoms. The van der Waals surface area contributed by atoms with E-state index in [1.54, 1.807) is 0 Å². The summed E-state index contributed by atoms with van der Waals surface area (Å²) in [6, 6.07) is 3.82. The number of carbonyl (C=O) groups excluding carboxylic acids is 1. The van der Waals surface area contributed by atoms with E-state index in [0.717, 1.165) is 20.1 Å². The second-order valence-electron chi connectivity index (χ2n) is 3.84. The first-order valence-corrected chi connectivity index (χ1v) is 6.82. The Morgan fingerprint density at radius 3 is 2.65 bits per heavy atom. The number of halogens is 2. The van der Waals surface area contributed by atoms with E-state index < -0.39 is 0 Å². The number of hydrogen-bond donors (Lipinski definition) is 1. The molecule has 0 heterocycles. The summed E-state index contributed by atoms with van der Waals surface area (Å²) in [5.41, 5.74) is 8.19. The van der Waals surface area contributed by atoms with Gasteiger partial charge in [0.05, 0.1) is 7.11 Å². The van der Waals surface area contributed by atoms with Crippen LogP contribution >= 0.6 is 31.9 Å². The van der Waals surface area contributed by atoms with E-state index in [0.29, 0.717) is 12.8 Å². The first kappa shape index (κ1) is 14.7. The first-order valence-electron chi connectivity index (χ1n) is 5.23. The Kier molecular flexibility index (Phi) is 5.62. The SMILES string of the molecule is COC(=O)CCC(N)c1cc(Br)c(C)cc1Br. The Hall–Kier alpha value is -0.390. The predicted molar refractivity (Wildman–Crippen MR) is 74.8 cm³/mol.